The van der Waals surface area contributed by atoms with E-state index in [0.29, 0.717) is 5.41 Å². The van der Waals surface area contributed by atoms with Gasteiger partial charge in [0.25, 0.3) is 0 Å². The Labute approximate surface area is 221 Å². The fourth-order valence-corrected chi connectivity index (χ4v) is 9.21. The fourth-order valence-electron chi connectivity index (χ4n) is 4.90. The van der Waals surface area contributed by atoms with Crippen molar-refractivity contribution < 1.29 is 0 Å². The van der Waals surface area contributed by atoms with Gasteiger partial charge in [-0.3, -0.25) is 0 Å². The van der Waals surface area contributed by atoms with E-state index < -0.39 is 7.26 Å². The summed E-state index contributed by atoms with van der Waals surface area (Å²) in [7, 11) is -1.92. The monoisotopic (exact) mass is 497 g/mol. The van der Waals surface area contributed by atoms with E-state index in [1.165, 1.54) is 34.3 Å². The number of benzene rings is 3. The van der Waals surface area contributed by atoms with E-state index in [0.717, 1.165) is 19.0 Å². The molecule has 0 nitrogen and oxygen atoms in total. The average Bonchev–Trinajstić information content (AvgIpc) is 2.87. The van der Waals surface area contributed by atoms with Crippen LogP contribution in [0.2, 0.25) is 0 Å². The molecule has 1 heteroatoms. The van der Waals surface area contributed by atoms with Crippen molar-refractivity contribution in [3.05, 3.63) is 109 Å². The molecule has 0 unspecified atom stereocenters. The van der Waals surface area contributed by atoms with Crippen LogP contribution in [-0.2, 0) is 0 Å². The van der Waals surface area contributed by atoms with E-state index >= 15 is 0 Å². The van der Waals surface area contributed by atoms with Gasteiger partial charge in [0.15, 0.2) is 0 Å². The standard InChI is InChI=1S/C35H46P/c1-8-29-22-24-33(25-23-29)36(31-18-12-10-13-19-31,32-20-14-11-15-21-32)28-30(27-35(6,7)9-2)17-16-26-34(3,4)5/h8,10-15,17-25H,1,9,16,26-28H2,2-7H3/q+1/b30-17-. The maximum absolute atomic E-state index is 3.99. The van der Waals surface area contributed by atoms with Crippen LogP contribution in [0.4, 0.5) is 0 Å². The molecule has 0 saturated heterocycles. The van der Waals surface area contributed by atoms with Crippen molar-refractivity contribution in [1.82, 2.24) is 0 Å². The molecule has 0 spiro atoms. The Balaban J connectivity index is 2.24. The quantitative estimate of drug-likeness (QED) is 0.183. The molecule has 190 valence electrons. The van der Waals surface area contributed by atoms with E-state index in [4.69, 9.17) is 0 Å². The summed E-state index contributed by atoms with van der Waals surface area (Å²) in [4.78, 5) is 0. The van der Waals surface area contributed by atoms with Gasteiger partial charge in [0.1, 0.15) is 23.2 Å². The summed E-state index contributed by atoms with van der Waals surface area (Å²) in [6.07, 6.45) is 10.3. The lowest BCUT2D eigenvalue weighted by molar-refractivity contribution is 0.346. The first-order valence-electron chi connectivity index (χ1n) is 13.5. The molecule has 36 heavy (non-hydrogen) atoms. The number of rotatable bonds is 11. The summed E-state index contributed by atoms with van der Waals surface area (Å²) >= 11 is 0. The third-order valence-electron chi connectivity index (χ3n) is 7.39. The first kappa shape index (κ1) is 28.1. The molecule has 0 aliphatic rings. The van der Waals surface area contributed by atoms with Crippen LogP contribution in [0, 0.1) is 10.8 Å². The van der Waals surface area contributed by atoms with E-state index in [1.807, 2.05) is 6.08 Å². The van der Waals surface area contributed by atoms with Gasteiger partial charge in [-0.15, -0.1) is 0 Å². The van der Waals surface area contributed by atoms with Crippen LogP contribution in [0.1, 0.15) is 72.8 Å². The van der Waals surface area contributed by atoms with Crippen LogP contribution < -0.4 is 15.9 Å². The zero-order valence-corrected chi connectivity index (χ0v) is 24.3. The largest absolute Gasteiger partial charge is 0.116 e. The minimum absolute atomic E-state index is 0.281. The lowest BCUT2D eigenvalue weighted by Crippen LogP contribution is -2.34. The van der Waals surface area contributed by atoms with Crippen molar-refractivity contribution in [3.63, 3.8) is 0 Å². The summed E-state index contributed by atoms with van der Waals surface area (Å²) in [5, 5.41) is 4.36. The molecule has 0 radical (unpaired) electrons. The van der Waals surface area contributed by atoms with Crippen LogP contribution in [0.25, 0.3) is 6.08 Å². The van der Waals surface area contributed by atoms with Gasteiger partial charge >= 0.3 is 0 Å². The third kappa shape index (κ3) is 7.30. The molecule has 0 amide bonds. The minimum atomic E-state index is -1.92. The Hall–Kier alpha value is -2.43. The average molecular weight is 498 g/mol. The van der Waals surface area contributed by atoms with Crippen molar-refractivity contribution in [2.24, 2.45) is 10.8 Å². The van der Waals surface area contributed by atoms with E-state index in [-0.39, 0.29) is 5.41 Å². The van der Waals surface area contributed by atoms with Crippen molar-refractivity contribution in [2.75, 3.05) is 6.16 Å². The van der Waals surface area contributed by atoms with Gasteiger partial charge in [-0.1, -0.05) is 115 Å². The summed E-state index contributed by atoms with van der Waals surface area (Å²) in [6, 6.07) is 31.8. The normalized spacial score (nSPS) is 13.0. The molecule has 0 aliphatic carbocycles. The SMILES string of the molecule is C=Cc1ccc([P+](C/C(=C\CCC(C)(C)C)CC(C)(C)CC)(c2ccccc2)c2ccccc2)cc1. The molecule has 3 aromatic carbocycles. The molecule has 0 aliphatic heterocycles. The van der Waals surface area contributed by atoms with Gasteiger partial charge in [-0.05, 0) is 77.6 Å². The van der Waals surface area contributed by atoms with E-state index in [9.17, 15) is 0 Å². The van der Waals surface area contributed by atoms with E-state index in [1.54, 1.807) is 5.57 Å². The lowest BCUT2D eigenvalue weighted by Gasteiger charge is -2.31. The molecule has 0 fully saturated rings. The molecule has 3 aromatic rings. The Morgan fingerprint density at radius 2 is 1.25 bits per heavy atom. The number of allylic oxidation sites excluding steroid dienone is 2. The van der Waals surface area contributed by atoms with Gasteiger partial charge in [0, 0.05) is 0 Å². The Bertz CT molecular complexity index is 1070. The first-order chi connectivity index (χ1) is 17.1. The second-order valence-electron chi connectivity index (χ2n) is 12.1. The minimum Gasteiger partial charge on any atom is -0.0985 e. The highest BCUT2D eigenvalue weighted by Gasteiger charge is 2.46. The Morgan fingerprint density at radius 3 is 1.69 bits per heavy atom. The van der Waals surface area contributed by atoms with Gasteiger partial charge in [0.05, 0.1) is 6.16 Å². The highest BCUT2D eigenvalue weighted by atomic mass is 31.2. The zero-order valence-electron chi connectivity index (χ0n) is 23.4. The molecule has 0 atom stereocenters. The van der Waals surface area contributed by atoms with Crippen LogP contribution in [0.15, 0.2) is 103 Å². The molecule has 0 N–H and O–H groups in total. The van der Waals surface area contributed by atoms with Crippen molar-refractivity contribution in [1.29, 1.82) is 0 Å². The maximum atomic E-state index is 3.99. The lowest BCUT2D eigenvalue weighted by atomic mass is 9.83. The zero-order chi connectivity index (χ0) is 26.2. The summed E-state index contributed by atoms with van der Waals surface area (Å²) < 4.78 is 0. The van der Waals surface area contributed by atoms with Crippen molar-refractivity contribution >= 4 is 29.3 Å². The summed E-state index contributed by atoms with van der Waals surface area (Å²) in [6.45, 7) is 18.2. The third-order valence-corrected chi connectivity index (χ3v) is 11.8. The van der Waals surface area contributed by atoms with E-state index in [2.05, 4.69) is 139 Å². The molecule has 0 saturated carbocycles. The smallest absolute Gasteiger partial charge is 0.0985 e. The van der Waals surface area contributed by atoms with Crippen LogP contribution in [0.3, 0.4) is 0 Å². The van der Waals surface area contributed by atoms with Gasteiger partial charge < -0.3 is 0 Å². The fraction of sp³-hybridized carbons (Fsp3) is 0.371. The number of hydrogen-bond donors (Lipinski definition) is 0. The van der Waals surface area contributed by atoms with Crippen LogP contribution in [0.5, 0.6) is 0 Å². The summed E-state index contributed by atoms with van der Waals surface area (Å²) in [5.74, 6) is 0. The van der Waals surface area contributed by atoms with Crippen molar-refractivity contribution in [2.45, 2.75) is 67.2 Å². The van der Waals surface area contributed by atoms with Gasteiger partial charge in [-0.2, -0.15) is 0 Å². The Kier molecular flexibility index (Phi) is 9.54. The predicted molar refractivity (Wildman–Crippen MR) is 166 cm³/mol. The number of hydrogen-bond acceptors (Lipinski definition) is 0. The second-order valence-corrected chi connectivity index (χ2v) is 15.6. The van der Waals surface area contributed by atoms with Crippen molar-refractivity contribution in [3.8, 4) is 0 Å². The highest BCUT2D eigenvalue weighted by molar-refractivity contribution is 7.95. The molecule has 0 heterocycles. The predicted octanol–water partition coefficient (Wildman–Crippen LogP) is 9.20. The van der Waals surface area contributed by atoms with Crippen LogP contribution >= 0.6 is 7.26 Å². The summed E-state index contributed by atoms with van der Waals surface area (Å²) in [5.41, 5.74) is 3.41. The van der Waals surface area contributed by atoms with Crippen LogP contribution in [-0.4, -0.2) is 6.16 Å². The second kappa shape index (κ2) is 12.2. The molecule has 0 aromatic heterocycles. The Morgan fingerprint density at radius 1 is 0.750 bits per heavy atom. The molecular weight excluding hydrogens is 451 g/mol. The topological polar surface area (TPSA) is 0 Å². The first-order valence-corrected chi connectivity index (χ1v) is 15.5. The van der Waals surface area contributed by atoms with Gasteiger partial charge in [-0.25, -0.2) is 0 Å². The highest BCUT2D eigenvalue weighted by Crippen LogP contribution is 2.57. The maximum Gasteiger partial charge on any atom is 0.116 e. The van der Waals surface area contributed by atoms with Gasteiger partial charge in [0.2, 0.25) is 0 Å². The molecule has 0 bridgehead atoms. The molecular formula is C35H46P+. The molecule has 3 rings (SSSR count).